The molecule has 4 rings (SSSR count). The number of benzene rings is 1. The number of hydrogen-bond acceptors (Lipinski definition) is 7. The van der Waals surface area contributed by atoms with Crippen molar-refractivity contribution in [3.8, 4) is 11.5 Å². The summed E-state index contributed by atoms with van der Waals surface area (Å²) < 4.78 is 13.4. The predicted molar refractivity (Wildman–Crippen MR) is 111 cm³/mol. The van der Waals surface area contributed by atoms with Gasteiger partial charge < -0.3 is 10.6 Å². The van der Waals surface area contributed by atoms with Gasteiger partial charge in [0.05, 0.1) is 5.56 Å². The van der Waals surface area contributed by atoms with Gasteiger partial charge in [-0.05, 0) is 58.3 Å². The highest BCUT2D eigenvalue weighted by atomic mass is 19.1. The molecule has 3 heterocycles. The number of carbonyl (C=O) groups is 1. The maximum atomic E-state index is 13.4. The number of halogens is 1. The van der Waals surface area contributed by atoms with Crippen LogP contribution in [0, 0.1) is 5.82 Å². The standard InChI is InChI=1S/C21H19FN8O/c22-16-5-1-3-14(11-16)8-10-24-19-17(6-7-18(26-19)20-27-29-30-28-20)21(31)25-13-15-4-2-9-23-12-15/h1-7,9,11-12H,8,10,13H2,(H,24,26)(H,25,31)(H,27,28,29,30). The number of carbonyl (C=O) groups excluding carboxylic acids is 1. The van der Waals surface area contributed by atoms with Gasteiger partial charge in [0.1, 0.15) is 17.3 Å². The first-order valence-electron chi connectivity index (χ1n) is 9.59. The summed E-state index contributed by atoms with van der Waals surface area (Å²) in [6.07, 6.45) is 3.92. The topological polar surface area (TPSA) is 121 Å². The minimum atomic E-state index is -0.286. The molecule has 10 heteroatoms. The third-order valence-corrected chi connectivity index (χ3v) is 4.50. The molecule has 31 heavy (non-hydrogen) atoms. The van der Waals surface area contributed by atoms with E-state index < -0.39 is 0 Å². The van der Waals surface area contributed by atoms with Gasteiger partial charge in [0.25, 0.3) is 5.91 Å². The molecule has 0 saturated carbocycles. The number of aromatic amines is 1. The minimum absolute atomic E-state index is 0.285. The van der Waals surface area contributed by atoms with Gasteiger partial charge >= 0.3 is 0 Å². The molecule has 156 valence electrons. The number of hydrogen-bond donors (Lipinski definition) is 3. The fraction of sp³-hybridized carbons (Fsp3) is 0.143. The zero-order valence-corrected chi connectivity index (χ0v) is 16.4. The van der Waals surface area contributed by atoms with Crippen molar-refractivity contribution in [3.05, 3.63) is 83.4 Å². The summed E-state index contributed by atoms with van der Waals surface area (Å²) in [7, 11) is 0. The van der Waals surface area contributed by atoms with Gasteiger partial charge in [0.2, 0.25) is 0 Å². The number of anilines is 1. The maximum absolute atomic E-state index is 13.4. The molecule has 1 aromatic carbocycles. The first-order valence-corrected chi connectivity index (χ1v) is 9.59. The maximum Gasteiger partial charge on any atom is 0.255 e. The van der Waals surface area contributed by atoms with E-state index >= 15 is 0 Å². The van der Waals surface area contributed by atoms with Crippen molar-refractivity contribution in [2.75, 3.05) is 11.9 Å². The SMILES string of the molecule is O=C(NCc1cccnc1)c1ccc(-c2nnn[nH]2)nc1NCCc1cccc(F)c1. The Morgan fingerprint density at radius 3 is 2.77 bits per heavy atom. The van der Waals surface area contributed by atoms with E-state index in [2.05, 4.69) is 41.2 Å². The number of nitrogens with zero attached hydrogens (tertiary/aromatic N) is 5. The Labute approximate surface area is 177 Å². The van der Waals surface area contributed by atoms with Crippen LogP contribution in [0.2, 0.25) is 0 Å². The average molecular weight is 418 g/mol. The van der Waals surface area contributed by atoms with E-state index in [-0.39, 0.29) is 11.7 Å². The Hall–Kier alpha value is -4.21. The normalized spacial score (nSPS) is 10.6. The Morgan fingerprint density at radius 1 is 1.10 bits per heavy atom. The number of tetrazole rings is 1. The van der Waals surface area contributed by atoms with E-state index in [4.69, 9.17) is 0 Å². The number of H-pyrrole nitrogens is 1. The molecule has 3 N–H and O–H groups in total. The van der Waals surface area contributed by atoms with Gasteiger partial charge in [-0.1, -0.05) is 18.2 Å². The van der Waals surface area contributed by atoms with E-state index in [1.165, 1.54) is 12.1 Å². The molecule has 4 aromatic rings. The van der Waals surface area contributed by atoms with E-state index in [1.54, 1.807) is 30.6 Å². The zero-order valence-electron chi connectivity index (χ0n) is 16.4. The van der Waals surface area contributed by atoms with Gasteiger partial charge in [-0.15, -0.1) is 5.10 Å². The molecule has 0 spiro atoms. The van der Waals surface area contributed by atoms with Crippen molar-refractivity contribution in [2.45, 2.75) is 13.0 Å². The molecule has 1 amide bonds. The Kier molecular flexibility index (Phi) is 6.17. The van der Waals surface area contributed by atoms with Crippen LogP contribution in [0.25, 0.3) is 11.5 Å². The second-order valence-electron chi connectivity index (χ2n) is 6.69. The van der Waals surface area contributed by atoms with E-state index in [9.17, 15) is 9.18 Å². The molecule has 0 aliphatic heterocycles. The Bertz CT molecular complexity index is 1150. The highest BCUT2D eigenvalue weighted by molar-refractivity contribution is 5.99. The summed E-state index contributed by atoms with van der Waals surface area (Å²) in [5, 5.41) is 19.7. The molecule has 3 aromatic heterocycles. The van der Waals surface area contributed by atoms with E-state index in [1.807, 2.05) is 18.2 Å². The fourth-order valence-electron chi connectivity index (χ4n) is 2.97. The van der Waals surface area contributed by atoms with Crippen molar-refractivity contribution in [1.29, 1.82) is 0 Å². The monoisotopic (exact) mass is 418 g/mol. The Morgan fingerprint density at radius 2 is 2.00 bits per heavy atom. The lowest BCUT2D eigenvalue weighted by Crippen LogP contribution is -2.25. The number of rotatable bonds is 8. The molecular weight excluding hydrogens is 399 g/mol. The summed E-state index contributed by atoms with van der Waals surface area (Å²) in [5.74, 6) is 0.197. The number of nitrogens with one attached hydrogen (secondary N) is 3. The predicted octanol–water partition coefficient (Wildman–Crippen LogP) is 2.38. The van der Waals surface area contributed by atoms with Gasteiger partial charge in [-0.2, -0.15) is 0 Å². The fourth-order valence-corrected chi connectivity index (χ4v) is 2.97. The van der Waals surface area contributed by atoms with Crippen molar-refractivity contribution in [2.24, 2.45) is 0 Å². The van der Waals surface area contributed by atoms with Crippen LogP contribution in [0.5, 0.6) is 0 Å². The highest BCUT2D eigenvalue weighted by Gasteiger charge is 2.15. The molecule has 0 fully saturated rings. The lowest BCUT2D eigenvalue weighted by Gasteiger charge is -2.13. The number of pyridine rings is 2. The van der Waals surface area contributed by atoms with Crippen LogP contribution in [0.4, 0.5) is 10.2 Å². The lowest BCUT2D eigenvalue weighted by atomic mass is 10.1. The zero-order chi connectivity index (χ0) is 21.5. The number of aromatic nitrogens is 6. The van der Waals surface area contributed by atoms with Crippen LogP contribution in [0.1, 0.15) is 21.5 Å². The van der Waals surface area contributed by atoms with Crippen LogP contribution in [-0.2, 0) is 13.0 Å². The van der Waals surface area contributed by atoms with Crippen LogP contribution in [0.3, 0.4) is 0 Å². The Balaban J connectivity index is 1.51. The summed E-state index contributed by atoms with van der Waals surface area (Å²) >= 11 is 0. The molecule has 0 saturated heterocycles. The lowest BCUT2D eigenvalue weighted by molar-refractivity contribution is 0.0951. The summed E-state index contributed by atoms with van der Waals surface area (Å²) in [6, 6.07) is 13.4. The summed E-state index contributed by atoms with van der Waals surface area (Å²) in [5.41, 5.74) is 2.58. The summed E-state index contributed by atoms with van der Waals surface area (Å²) in [4.78, 5) is 21.4. The van der Waals surface area contributed by atoms with Crippen molar-refractivity contribution < 1.29 is 9.18 Å². The second kappa shape index (κ2) is 9.53. The quantitative estimate of drug-likeness (QED) is 0.402. The molecule has 0 atom stereocenters. The first-order chi connectivity index (χ1) is 15.2. The largest absolute Gasteiger partial charge is 0.369 e. The molecular formula is C21H19FN8O. The van der Waals surface area contributed by atoms with Gasteiger partial charge in [0.15, 0.2) is 5.82 Å². The molecule has 0 aliphatic carbocycles. The number of amides is 1. The van der Waals surface area contributed by atoms with E-state index in [0.717, 1.165) is 11.1 Å². The summed E-state index contributed by atoms with van der Waals surface area (Å²) in [6.45, 7) is 0.792. The minimum Gasteiger partial charge on any atom is -0.369 e. The molecule has 0 bridgehead atoms. The highest BCUT2D eigenvalue weighted by Crippen LogP contribution is 2.19. The second-order valence-corrected chi connectivity index (χ2v) is 6.69. The van der Waals surface area contributed by atoms with Gasteiger partial charge in [-0.3, -0.25) is 9.78 Å². The third kappa shape index (κ3) is 5.24. The van der Waals surface area contributed by atoms with E-state index in [0.29, 0.717) is 42.4 Å². The molecule has 0 unspecified atom stereocenters. The van der Waals surface area contributed by atoms with Crippen LogP contribution in [0.15, 0.2) is 60.9 Å². The molecule has 9 nitrogen and oxygen atoms in total. The van der Waals surface area contributed by atoms with Gasteiger partial charge in [-0.25, -0.2) is 14.5 Å². The third-order valence-electron chi connectivity index (χ3n) is 4.50. The van der Waals surface area contributed by atoms with Crippen LogP contribution >= 0.6 is 0 Å². The van der Waals surface area contributed by atoms with Crippen molar-refractivity contribution in [1.82, 2.24) is 35.9 Å². The molecule has 0 aliphatic rings. The first kappa shape index (κ1) is 20.1. The van der Waals surface area contributed by atoms with Crippen molar-refractivity contribution in [3.63, 3.8) is 0 Å². The van der Waals surface area contributed by atoms with Crippen LogP contribution in [-0.4, -0.2) is 43.0 Å². The van der Waals surface area contributed by atoms with Gasteiger partial charge in [0, 0.05) is 25.5 Å². The van der Waals surface area contributed by atoms with Crippen LogP contribution < -0.4 is 10.6 Å². The smallest absolute Gasteiger partial charge is 0.255 e. The van der Waals surface area contributed by atoms with Crippen molar-refractivity contribution >= 4 is 11.7 Å². The molecule has 0 radical (unpaired) electrons. The average Bonchev–Trinajstić information content (AvgIpc) is 3.33.